The lowest BCUT2D eigenvalue weighted by molar-refractivity contribution is -0.137. The van der Waals surface area contributed by atoms with Gasteiger partial charge in [0.15, 0.2) is 0 Å². The van der Waals surface area contributed by atoms with E-state index in [9.17, 15) is 31.2 Å². The highest BCUT2D eigenvalue weighted by Gasteiger charge is 2.64. The molecule has 1 aromatic carbocycles. The normalized spacial score (nSPS) is 28.0. The Morgan fingerprint density at radius 1 is 1.18 bits per heavy atom. The second-order valence-corrected chi connectivity index (χ2v) is 9.92. The van der Waals surface area contributed by atoms with Crippen molar-refractivity contribution in [1.29, 1.82) is 0 Å². The molecule has 0 N–H and O–H groups in total. The van der Waals surface area contributed by atoms with Gasteiger partial charge in [-0.2, -0.15) is 17.5 Å². The van der Waals surface area contributed by atoms with E-state index < -0.39 is 57.1 Å². The molecule has 152 valence electrons. The molecule has 0 spiro atoms. The highest BCUT2D eigenvalue weighted by atomic mass is 32.2. The molecule has 2 unspecified atom stereocenters. The van der Waals surface area contributed by atoms with Crippen LogP contribution in [0.1, 0.15) is 25.8 Å². The summed E-state index contributed by atoms with van der Waals surface area (Å²) in [6.45, 7) is 3.17. The van der Waals surface area contributed by atoms with Gasteiger partial charge >= 0.3 is 12.2 Å². The quantitative estimate of drug-likeness (QED) is 0.706. The van der Waals surface area contributed by atoms with Crippen molar-refractivity contribution in [2.45, 2.75) is 49.8 Å². The fourth-order valence-corrected chi connectivity index (χ4v) is 5.74. The van der Waals surface area contributed by atoms with Gasteiger partial charge < -0.3 is 4.90 Å². The third kappa shape index (κ3) is 2.55. The number of sulfonamides is 1. The van der Waals surface area contributed by atoms with Crippen LogP contribution in [0.15, 0.2) is 24.3 Å². The van der Waals surface area contributed by atoms with Crippen molar-refractivity contribution in [3.05, 3.63) is 29.8 Å². The molecule has 3 fully saturated rings. The van der Waals surface area contributed by atoms with E-state index in [1.807, 2.05) is 0 Å². The van der Waals surface area contributed by atoms with E-state index >= 15 is 0 Å². The zero-order chi connectivity index (χ0) is 20.6. The van der Waals surface area contributed by atoms with E-state index in [2.05, 4.69) is 0 Å². The number of amides is 3. The highest BCUT2D eigenvalue weighted by molar-refractivity contribution is 7.89. The first-order chi connectivity index (χ1) is 12.9. The van der Waals surface area contributed by atoms with Crippen molar-refractivity contribution < 1.29 is 31.2 Å². The zero-order valence-electron chi connectivity index (χ0n) is 15.0. The van der Waals surface area contributed by atoms with Gasteiger partial charge in [-0.15, -0.1) is 0 Å². The Hall–Kier alpha value is -2.14. The van der Waals surface area contributed by atoms with Gasteiger partial charge in [-0.25, -0.2) is 18.1 Å². The monoisotopic (exact) mass is 417 g/mol. The molecule has 11 heteroatoms. The van der Waals surface area contributed by atoms with Crippen molar-refractivity contribution in [2.75, 3.05) is 11.4 Å². The van der Waals surface area contributed by atoms with Gasteiger partial charge in [0.2, 0.25) is 10.0 Å². The smallest absolute Gasteiger partial charge is 0.306 e. The summed E-state index contributed by atoms with van der Waals surface area (Å²) >= 11 is 0. The number of benzene rings is 1. The Kier molecular flexibility index (Phi) is 4.06. The molecule has 3 aliphatic heterocycles. The fourth-order valence-electron chi connectivity index (χ4n) is 4.24. The highest BCUT2D eigenvalue weighted by Crippen LogP contribution is 2.44. The van der Waals surface area contributed by atoms with Crippen LogP contribution < -0.4 is 4.90 Å². The number of rotatable bonds is 3. The molecule has 1 aromatic rings. The molecule has 3 atom stereocenters. The summed E-state index contributed by atoms with van der Waals surface area (Å²) in [5.74, 6) is -0.694. The van der Waals surface area contributed by atoms with Gasteiger partial charge in [0.1, 0.15) is 6.04 Å². The number of carbonyl (C=O) groups is 2. The van der Waals surface area contributed by atoms with Crippen molar-refractivity contribution in [3.63, 3.8) is 0 Å². The number of hydrogen-bond acceptors (Lipinski definition) is 4. The number of halogens is 3. The van der Waals surface area contributed by atoms with E-state index in [0.717, 1.165) is 23.1 Å². The minimum absolute atomic E-state index is 0.0944. The Morgan fingerprint density at radius 3 is 2.46 bits per heavy atom. The van der Waals surface area contributed by atoms with E-state index in [1.165, 1.54) is 29.1 Å². The van der Waals surface area contributed by atoms with Crippen molar-refractivity contribution in [2.24, 2.45) is 0 Å². The van der Waals surface area contributed by atoms with E-state index in [0.29, 0.717) is 6.42 Å². The lowest BCUT2D eigenvalue weighted by Crippen LogP contribution is -2.55. The van der Waals surface area contributed by atoms with Crippen LogP contribution in [0.3, 0.4) is 0 Å². The van der Waals surface area contributed by atoms with Gasteiger partial charge in [-0.1, -0.05) is 6.07 Å². The van der Waals surface area contributed by atoms with E-state index in [1.54, 1.807) is 0 Å². The molecule has 3 saturated heterocycles. The van der Waals surface area contributed by atoms with Gasteiger partial charge in [-0.05, 0) is 38.5 Å². The second-order valence-electron chi connectivity index (χ2n) is 7.48. The Bertz CT molecular complexity index is 963. The number of anilines is 1. The number of urea groups is 1. The van der Waals surface area contributed by atoms with Crippen molar-refractivity contribution in [3.8, 4) is 0 Å². The van der Waals surface area contributed by atoms with Gasteiger partial charge in [-0.3, -0.25) is 4.79 Å². The first kappa shape index (κ1) is 19.2. The van der Waals surface area contributed by atoms with Gasteiger partial charge in [0, 0.05) is 12.6 Å². The zero-order valence-corrected chi connectivity index (χ0v) is 15.9. The third-order valence-corrected chi connectivity index (χ3v) is 7.84. The Labute approximate surface area is 159 Å². The summed E-state index contributed by atoms with van der Waals surface area (Å²) in [6, 6.07) is 1.14. The molecule has 3 aliphatic rings. The number of piperazine rings is 1. The molecule has 28 heavy (non-hydrogen) atoms. The Morgan fingerprint density at radius 2 is 1.86 bits per heavy atom. The molecule has 2 bridgehead atoms. The van der Waals surface area contributed by atoms with E-state index in [-0.39, 0.29) is 12.2 Å². The fraction of sp³-hybridized carbons (Fsp3) is 0.529. The lowest BCUT2D eigenvalue weighted by atomic mass is 10.1. The van der Waals surface area contributed by atoms with Crippen molar-refractivity contribution in [1.82, 2.24) is 9.21 Å². The average Bonchev–Trinajstić information content (AvgIpc) is 3.26. The number of alkyl halides is 3. The topological polar surface area (TPSA) is 78.0 Å². The van der Waals surface area contributed by atoms with Crippen LogP contribution in [0.4, 0.5) is 23.7 Å². The number of imide groups is 1. The number of hydrogen-bond donors (Lipinski definition) is 0. The first-order valence-corrected chi connectivity index (χ1v) is 10.3. The lowest BCUT2D eigenvalue weighted by Gasteiger charge is -2.34. The van der Waals surface area contributed by atoms with Crippen LogP contribution in [-0.4, -0.2) is 59.5 Å². The van der Waals surface area contributed by atoms with Crippen LogP contribution in [-0.2, 0) is 21.0 Å². The summed E-state index contributed by atoms with van der Waals surface area (Å²) in [7, 11) is -3.62. The molecule has 0 aromatic heterocycles. The van der Waals surface area contributed by atoms with Crippen LogP contribution in [0.5, 0.6) is 0 Å². The molecule has 0 aliphatic carbocycles. The minimum atomic E-state index is -4.61. The molecular weight excluding hydrogens is 399 g/mol. The maximum atomic E-state index is 13.0. The summed E-state index contributed by atoms with van der Waals surface area (Å²) in [5, 5.41) is -0.674. The summed E-state index contributed by atoms with van der Waals surface area (Å²) in [5.41, 5.74) is -1.14. The van der Waals surface area contributed by atoms with Crippen LogP contribution in [0.25, 0.3) is 0 Å². The number of fused-ring (bicyclic) bond motifs is 5. The number of carbonyl (C=O) groups excluding carboxylic acids is 2. The van der Waals surface area contributed by atoms with Crippen LogP contribution in [0.2, 0.25) is 0 Å². The molecule has 3 amide bonds. The number of nitrogens with zero attached hydrogens (tertiary/aromatic N) is 3. The molecule has 3 heterocycles. The minimum Gasteiger partial charge on any atom is -0.306 e. The molecule has 0 saturated carbocycles. The largest absolute Gasteiger partial charge is 0.416 e. The predicted octanol–water partition coefficient (Wildman–Crippen LogP) is 2.04. The Balaban J connectivity index is 1.69. The molecular formula is C17H18F3N3O4S. The standard InChI is InChI=1S/C17H18F3N3O4S/c1-9(2)28(26,27)21-8-12-7-13(21)14-15(24)23(16(25)22(12)14)11-5-3-4-10(6-11)17(18,19)20/h3-6,9,12-14H,7-8H2,1-2H3/t12?,13?,14-/m1/s1. The third-order valence-electron chi connectivity index (χ3n) is 5.57. The second kappa shape index (κ2) is 5.93. The summed E-state index contributed by atoms with van der Waals surface area (Å²) < 4.78 is 65.4. The maximum absolute atomic E-state index is 13.0. The summed E-state index contributed by atoms with van der Waals surface area (Å²) in [6.07, 6.45) is -4.26. The SMILES string of the molecule is CC(C)S(=O)(=O)N1CC2CC1[C@@H]1C(=O)N(c3cccc(C(F)(F)F)c3)C(=O)N21. The molecule has 0 radical (unpaired) electrons. The van der Waals surface area contributed by atoms with Gasteiger partial charge in [0.25, 0.3) is 5.91 Å². The van der Waals surface area contributed by atoms with Crippen LogP contribution >= 0.6 is 0 Å². The predicted molar refractivity (Wildman–Crippen MR) is 92.9 cm³/mol. The van der Waals surface area contributed by atoms with Crippen molar-refractivity contribution >= 4 is 27.6 Å². The molecule has 4 rings (SSSR count). The molecule has 7 nitrogen and oxygen atoms in total. The average molecular weight is 417 g/mol. The maximum Gasteiger partial charge on any atom is 0.416 e. The van der Waals surface area contributed by atoms with E-state index in [4.69, 9.17) is 0 Å². The van der Waals surface area contributed by atoms with Crippen LogP contribution in [0, 0.1) is 0 Å². The first-order valence-electron chi connectivity index (χ1n) is 8.78. The van der Waals surface area contributed by atoms with Gasteiger partial charge in [0.05, 0.1) is 22.5 Å². The summed E-state index contributed by atoms with van der Waals surface area (Å²) in [4.78, 5) is 27.8.